The third-order valence-electron chi connectivity index (χ3n) is 4.06. The SMILES string of the molecule is Cc1ccc(-n2cnnc2SCc2cc(F)cc3c2OCOC3)cc1Cl. The summed E-state index contributed by atoms with van der Waals surface area (Å²) in [5, 5.41) is 9.53. The van der Waals surface area contributed by atoms with Crippen LogP contribution in [-0.4, -0.2) is 21.6 Å². The van der Waals surface area contributed by atoms with E-state index in [0.29, 0.717) is 28.3 Å². The summed E-state index contributed by atoms with van der Waals surface area (Å²) >= 11 is 7.67. The second kappa shape index (κ2) is 7.26. The number of rotatable bonds is 4. The van der Waals surface area contributed by atoms with Crippen molar-refractivity contribution >= 4 is 23.4 Å². The minimum atomic E-state index is -0.305. The van der Waals surface area contributed by atoms with Crippen molar-refractivity contribution in [2.24, 2.45) is 0 Å². The molecule has 5 nitrogen and oxygen atoms in total. The summed E-state index contributed by atoms with van der Waals surface area (Å²) in [7, 11) is 0. The second-order valence-electron chi connectivity index (χ2n) is 5.87. The van der Waals surface area contributed by atoms with Crippen molar-refractivity contribution in [2.45, 2.75) is 24.4 Å². The summed E-state index contributed by atoms with van der Waals surface area (Å²) in [6, 6.07) is 8.71. The highest BCUT2D eigenvalue weighted by Crippen LogP contribution is 2.34. The van der Waals surface area contributed by atoms with E-state index in [0.717, 1.165) is 22.4 Å². The Bertz CT molecular complexity index is 964. The number of fused-ring (bicyclic) bond motifs is 1. The van der Waals surface area contributed by atoms with Gasteiger partial charge in [0.15, 0.2) is 11.9 Å². The van der Waals surface area contributed by atoms with E-state index >= 15 is 0 Å². The van der Waals surface area contributed by atoms with Gasteiger partial charge in [0.2, 0.25) is 0 Å². The zero-order valence-electron chi connectivity index (χ0n) is 13.9. The number of benzene rings is 2. The Kier molecular flexibility index (Phi) is 4.84. The number of hydrogen-bond donors (Lipinski definition) is 0. The number of aromatic nitrogens is 3. The molecule has 2 heterocycles. The third kappa shape index (κ3) is 3.42. The van der Waals surface area contributed by atoms with Crippen molar-refractivity contribution in [3.05, 3.63) is 64.2 Å². The first kappa shape index (κ1) is 17.3. The Morgan fingerprint density at radius 3 is 3.04 bits per heavy atom. The second-order valence-corrected chi connectivity index (χ2v) is 7.22. The molecule has 2 aromatic carbocycles. The molecule has 1 aliphatic rings. The molecule has 3 aromatic rings. The molecular weight excluding hydrogens is 377 g/mol. The van der Waals surface area contributed by atoms with Crippen LogP contribution in [0.25, 0.3) is 5.69 Å². The number of aryl methyl sites for hydroxylation is 1. The number of ether oxygens (including phenoxy) is 2. The van der Waals surface area contributed by atoms with Gasteiger partial charge in [0.1, 0.15) is 17.9 Å². The summed E-state index contributed by atoms with van der Waals surface area (Å²) in [6.07, 6.45) is 1.63. The molecule has 0 N–H and O–H groups in total. The van der Waals surface area contributed by atoms with Crippen molar-refractivity contribution in [2.75, 3.05) is 6.79 Å². The standard InChI is InChI=1S/C18H15ClFN3O2S/c1-11-2-3-15(6-16(11)19)23-9-21-22-18(23)26-8-13-5-14(20)4-12-7-24-10-25-17(12)13/h2-6,9H,7-8,10H2,1H3. The first-order chi connectivity index (χ1) is 12.6. The summed E-state index contributed by atoms with van der Waals surface area (Å²) < 4.78 is 26.5. The Labute approximate surface area is 159 Å². The van der Waals surface area contributed by atoms with Gasteiger partial charge in [-0.3, -0.25) is 4.57 Å². The van der Waals surface area contributed by atoms with Crippen molar-refractivity contribution in [3.8, 4) is 11.4 Å². The lowest BCUT2D eigenvalue weighted by molar-refractivity contribution is -0.0171. The monoisotopic (exact) mass is 391 g/mol. The van der Waals surface area contributed by atoms with E-state index in [1.165, 1.54) is 23.9 Å². The Hall–Kier alpha value is -2.09. The summed E-state index contributed by atoms with van der Waals surface area (Å²) in [5.74, 6) is 0.882. The van der Waals surface area contributed by atoms with Gasteiger partial charge in [0.25, 0.3) is 0 Å². The van der Waals surface area contributed by atoms with Crippen LogP contribution in [0.3, 0.4) is 0 Å². The van der Waals surface area contributed by atoms with Gasteiger partial charge in [-0.15, -0.1) is 10.2 Å². The Balaban J connectivity index is 1.59. The molecule has 0 fully saturated rings. The minimum absolute atomic E-state index is 0.175. The molecule has 0 radical (unpaired) electrons. The van der Waals surface area contributed by atoms with Crippen molar-refractivity contribution in [3.63, 3.8) is 0 Å². The maximum absolute atomic E-state index is 13.9. The van der Waals surface area contributed by atoms with E-state index in [4.69, 9.17) is 21.1 Å². The van der Waals surface area contributed by atoms with Crippen molar-refractivity contribution < 1.29 is 13.9 Å². The molecule has 1 aliphatic heterocycles. The number of halogens is 2. The highest BCUT2D eigenvalue weighted by molar-refractivity contribution is 7.98. The minimum Gasteiger partial charge on any atom is -0.467 e. The smallest absolute Gasteiger partial charge is 0.195 e. The first-order valence-corrected chi connectivity index (χ1v) is 9.29. The molecule has 0 saturated heterocycles. The lowest BCUT2D eigenvalue weighted by Gasteiger charge is -2.20. The van der Waals surface area contributed by atoms with E-state index in [2.05, 4.69) is 10.2 Å². The fourth-order valence-corrected chi connectivity index (χ4v) is 3.81. The molecule has 0 amide bonds. The zero-order valence-corrected chi connectivity index (χ0v) is 15.5. The molecule has 0 aliphatic carbocycles. The predicted octanol–water partition coefficient (Wildman–Crippen LogP) is 4.53. The maximum Gasteiger partial charge on any atom is 0.195 e. The topological polar surface area (TPSA) is 49.2 Å². The van der Waals surface area contributed by atoms with Crippen LogP contribution in [0.15, 0.2) is 41.8 Å². The highest BCUT2D eigenvalue weighted by Gasteiger charge is 2.18. The molecule has 0 atom stereocenters. The van der Waals surface area contributed by atoms with E-state index in [1.807, 2.05) is 29.7 Å². The van der Waals surface area contributed by atoms with Crippen LogP contribution in [0, 0.1) is 12.7 Å². The largest absolute Gasteiger partial charge is 0.467 e. The Morgan fingerprint density at radius 1 is 1.31 bits per heavy atom. The van der Waals surface area contributed by atoms with Crippen LogP contribution in [0.1, 0.15) is 16.7 Å². The van der Waals surface area contributed by atoms with Crippen LogP contribution in [0.5, 0.6) is 5.75 Å². The third-order valence-corrected chi connectivity index (χ3v) is 5.46. The number of nitrogens with zero attached hydrogens (tertiary/aromatic N) is 3. The average molecular weight is 392 g/mol. The molecule has 0 bridgehead atoms. The van der Waals surface area contributed by atoms with Gasteiger partial charge in [0, 0.05) is 21.9 Å². The van der Waals surface area contributed by atoms with Gasteiger partial charge < -0.3 is 9.47 Å². The highest BCUT2D eigenvalue weighted by atomic mass is 35.5. The van der Waals surface area contributed by atoms with E-state index in [1.54, 1.807) is 6.33 Å². The van der Waals surface area contributed by atoms with E-state index < -0.39 is 0 Å². The van der Waals surface area contributed by atoms with Crippen molar-refractivity contribution in [1.82, 2.24) is 14.8 Å². The van der Waals surface area contributed by atoms with Gasteiger partial charge in [-0.1, -0.05) is 29.4 Å². The molecule has 4 rings (SSSR count). The Morgan fingerprint density at radius 2 is 2.19 bits per heavy atom. The summed E-state index contributed by atoms with van der Waals surface area (Å²) in [6.45, 7) is 2.47. The van der Waals surface area contributed by atoms with Crippen LogP contribution in [0.4, 0.5) is 4.39 Å². The van der Waals surface area contributed by atoms with E-state index in [-0.39, 0.29) is 12.6 Å². The maximum atomic E-state index is 13.9. The lowest BCUT2D eigenvalue weighted by atomic mass is 10.1. The fourth-order valence-electron chi connectivity index (χ4n) is 2.74. The molecule has 1 aromatic heterocycles. The van der Waals surface area contributed by atoms with Crippen LogP contribution in [-0.2, 0) is 17.1 Å². The van der Waals surface area contributed by atoms with Crippen LogP contribution < -0.4 is 4.74 Å². The number of hydrogen-bond acceptors (Lipinski definition) is 5. The van der Waals surface area contributed by atoms with Gasteiger partial charge in [-0.25, -0.2) is 4.39 Å². The zero-order chi connectivity index (χ0) is 18.1. The predicted molar refractivity (Wildman–Crippen MR) is 97.4 cm³/mol. The molecule has 8 heteroatoms. The van der Waals surface area contributed by atoms with Gasteiger partial charge in [-0.05, 0) is 36.8 Å². The molecule has 134 valence electrons. The van der Waals surface area contributed by atoms with Crippen LogP contribution in [0.2, 0.25) is 5.02 Å². The van der Waals surface area contributed by atoms with Gasteiger partial charge >= 0.3 is 0 Å². The fraction of sp³-hybridized carbons (Fsp3) is 0.222. The summed E-state index contributed by atoms with van der Waals surface area (Å²) in [5.41, 5.74) is 3.37. The molecule has 0 saturated carbocycles. The first-order valence-electron chi connectivity index (χ1n) is 7.93. The van der Waals surface area contributed by atoms with Gasteiger partial charge in [-0.2, -0.15) is 0 Å². The van der Waals surface area contributed by atoms with Crippen molar-refractivity contribution in [1.29, 1.82) is 0 Å². The molecule has 0 unspecified atom stereocenters. The average Bonchev–Trinajstić information content (AvgIpc) is 3.10. The summed E-state index contributed by atoms with van der Waals surface area (Å²) in [4.78, 5) is 0. The normalized spacial score (nSPS) is 13.3. The van der Waals surface area contributed by atoms with Crippen LogP contribution >= 0.6 is 23.4 Å². The lowest BCUT2D eigenvalue weighted by Crippen LogP contribution is -2.13. The molecular formula is C18H15ClFN3O2S. The quantitative estimate of drug-likeness (QED) is 0.612. The number of thioether (sulfide) groups is 1. The van der Waals surface area contributed by atoms with E-state index in [9.17, 15) is 4.39 Å². The van der Waals surface area contributed by atoms with Gasteiger partial charge in [0.05, 0.1) is 12.3 Å². The molecule has 26 heavy (non-hydrogen) atoms. The molecule has 0 spiro atoms.